The molecule has 1 unspecified atom stereocenters. The van der Waals surface area contributed by atoms with Gasteiger partial charge in [0, 0.05) is 4.47 Å². The largest absolute Gasteiger partial charge is 0.463 e. The Balaban J connectivity index is 1.88. The lowest BCUT2D eigenvalue weighted by molar-refractivity contribution is -0.134. The second kappa shape index (κ2) is 10.2. The number of hydrogen-bond donors (Lipinski definition) is 3. The number of nitrogens with one attached hydrogen (secondary N) is 1. The predicted molar refractivity (Wildman–Crippen MR) is 142 cm³/mol. The van der Waals surface area contributed by atoms with Crippen LogP contribution in [0.4, 0.5) is 4.79 Å². The van der Waals surface area contributed by atoms with Crippen molar-refractivity contribution in [3.8, 4) is 5.69 Å². The summed E-state index contributed by atoms with van der Waals surface area (Å²) in [7, 11) is 0. The highest BCUT2D eigenvalue weighted by Gasteiger charge is 2.55. The Morgan fingerprint density at radius 1 is 1.24 bits per heavy atom. The molecule has 3 N–H and O–H groups in total. The number of hydrogen-bond acceptors (Lipinski definition) is 5. The topological polar surface area (TPSA) is 133 Å². The molecule has 37 heavy (non-hydrogen) atoms. The normalized spacial score (nSPS) is 19.8. The maximum absolute atomic E-state index is 14.3. The lowest BCUT2D eigenvalue weighted by Crippen LogP contribution is -2.47. The van der Waals surface area contributed by atoms with Gasteiger partial charge in [-0.3, -0.25) is 9.69 Å². The molecule has 1 aromatic heterocycles. The van der Waals surface area contributed by atoms with Crippen LogP contribution in [-0.2, 0) is 10.3 Å². The van der Waals surface area contributed by atoms with E-state index in [9.17, 15) is 19.8 Å². The number of carboxylic acid groups (broad SMARTS) is 1. The third kappa shape index (κ3) is 5.39. The zero-order chi connectivity index (χ0) is 27.0. The standard InChI is InChI=1S/C25H26BrClN6O4/c1-24(2,3)12-25(16-5-7-17(26)8-6-16)21(35)33(22(31-25)30-23(36)37)20(11-34)15-4-9-18(27)19(10-15)32-14-28-13-29-32/h4-10,13-14,20,34H,11-12H2,1-3H3,(H,30,31)(H,36,37)/t20?,25-/m1/s1. The van der Waals surface area contributed by atoms with E-state index in [0.29, 0.717) is 28.3 Å². The van der Waals surface area contributed by atoms with Crippen molar-refractivity contribution in [3.63, 3.8) is 0 Å². The summed E-state index contributed by atoms with van der Waals surface area (Å²) >= 11 is 9.81. The van der Waals surface area contributed by atoms with E-state index in [1.54, 1.807) is 18.2 Å². The van der Waals surface area contributed by atoms with Crippen molar-refractivity contribution in [2.45, 2.75) is 38.8 Å². The van der Waals surface area contributed by atoms with Crippen molar-refractivity contribution in [1.82, 2.24) is 25.0 Å². The summed E-state index contributed by atoms with van der Waals surface area (Å²) in [5.41, 5.74) is -0.0162. The fourth-order valence-corrected chi connectivity index (χ4v) is 5.07. The number of carbonyl (C=O) groups is 2. The summed E-state index contributed by atoms with van der Waals surface area (Å²) in [6.45, 7) is 5.47. The first-order valence-electron chi connectivity index (χ1n) is 11.4. The van der Waals surface area contributed by atoms with Crippen LogP contribution in [0.2, 0.25) is 5.02 Å². The first-order valence-corrected chi connectivity index (χ1v) is 12.6. The predicted octanol–water partition coefficient (Wildman–Crippen LogP) is 4.51. The van der Waals surface area contributed by atoms with Crippen LogP contribution < -0.4 is 5.32 Å². The molecule has 2 amide bonds. The van der Waals surface area contributed by atoms with Gasteiger partial charge in [-0.15, -0.1) is 4.99 Å². The van der Waals surface area contributed by atoms with Gasteiger partial charge in [0.2, 0.25) is 5.96 Å². The fourth-order valence-electron chi connectivity index (χ4n) is 4.60. The van der Waals surface area contributed by atoms with Crippen molar-refractivity contribution in [3.05, 3.63) is 75.7 Å². The van der Waals surface area contributed by atoms with Crippen LogP contribution in [0.25, 0.3) is 5.69 Å². The number of amides is 2. The van der Waals surface area contributed by atoms with E-state index in [1.165, 1.54) is 22.2 Å². The number of benzene rings is 2. The first-order chi connectivity index (χ1) is 17.4. The summed E-state index contributed by atoms with van der Waals surface area (Å²) in [5, 5.41) is 27.7. The highest BCUT2D eigenvalue weighted by molar-refractivity contribution is 9.10. The van der Waals surface area contributed by atoms with E-state index in [4.69, 9.17) is 11.6 Å². The second-order valence-corrected chi connectivity index (χ2v) is 11.2. The van der Waals surface area contributed by atoms with Crippen LogP contribution in [0, 0.1) is 5.41 Å². The summed E-state index contributed by atoms with van der Waals surface area (Å²) in [6.07, 6.45) is 1.69. The quantitative estimate of drug-likeness (QED) is 0.385. The molecule has 1 saturated heterocycles. The molecule has 1 aliphatic heterocycles. The average Bonchev–Trinajstić information content (AvgIpc) is 3.43. The third-order valence-corrected chi connectivity index (χ3v) is 6.82. The van der Waals surface area contributed by atoms with Gasteiger partial charge in [0.25, 0.3) is 5.91 Å². The van der Waals surface area contributed by atoms with E-state index in [0.717, 1.165) is 4.47 Å². The van der Waals surface area contributed by atoms with Gasteiger partial charge in [0.15, 0.2) is 0 Å². The van der Waals surface area contributed by atoms with Crippen molar-refractivity contribution in [1.29, 1.82) is 0 Å². The average molecular weight is 590 g/mol. The van der Waals surface area contributed by atoms with Crippen molar-refractivity contribution >= 4 is 45.5 Å². The maximum Gasteiger partial charge on any atom is 0.434 e. The minimum Gasteiger partial charge on any atom is -0.463 e. The molecular formula is C25H26BrClN6O4. The number of halogens is 2. The van der Waals surface area contributed by atoms with Crippen LogP contribution >= 0.6 is 27.5 Å². The molecule has 2 heterocycles. The lowest BCUT2D eigenvalue weighted by Gasteiger charge is -2.34. The molecule has 10 nitrogen and oxygen atoms in total. The van der Waals surface area contributed by atoms with Crippen LogP contribution in [0.15, 0.2) is 64.6 Å². The van der Waals surface area contributed by atoms with Gasteiger partial charge in [-0.1, -0.05) is 66.5 Å². The van der Waals surface area contributed by atoms with Gasteiger partial charge in [-0.2, -0.15) is 5.10 Å². The second-order valence-electron chi connectivity index (χ2n) is 9.92. The van der Waals surface area contributed by atoms with Gasteiger partial charge < -0.3 is 15.5 Å². The van der Waals surface area contributed by atoms with Crippen LogP contribution in [-0.4, -0.2) is 54.4 Å². The Hall–Kier alpha value is -3.28. The number of aliphatic hydroxyl groups excluding tert-OH is 1. The lowest BCUT2D eigenvalue weighted by atomic mass is 9.75. The highest BCUT2D eigenvalue weighted by Crippen LogP contribution is 2.42. The van der Waals surface area contributed by atoms with Crippen LogP contribution in [0.3, 0.4) is 0 Å². The molecule has 1 fully saturated rings. The molecule has 0 radical (unpaired) electrons. The van der Waals surface area contributed by atoms with Crippen molar-refractivity contribution in [2.24, 2.45) is 10.4 Å². The number of nitrogens with zero attached hydrogens (tertiary/aromatic N) is 5. The van der Waals surface area contributed by atoms with E-state index < -0.39 is 30.2 Å². The number of aliphatic imine (C=N–C) groups is 1. The zero-order valence-electron chi connectivity index (χ0n) is 20.4. The molecule has 0 spiro atoms. The fraction of sp³-hybridized carbons (Fsp3) is 0.320. The number of carbonyl (C=O) groups excluding carboxylic acids is 1. The summed E-state index contributed by atoms with van der Waals surface area (Å²) in [4.78, 5) is 34.9. The van der Waals surface area contributed by atoms with E-state index in [1.807, 2.05) is 45.0 Å². The first kappa shape index (κ1) is 26.8. The molecule has 2 aromatic carbocycles. The highest BCUT2D eigenvalue weighted by atomic mass is 79.9. The number of rotatable bonds is 6. The van der Waals surface area contributed by atoms with E-state index in [2.05, 4.69) is 36.3 Å². The Morgan fingerprint density at radius 3 is 2.51 bits per heavy atom. The Labute approximate surface area is 227 Å². The minimum absolute atomic E-state index is 0.166. The Kier molecular flexibility index (Phi) is 7.40. The van der Waals surface area contributed by atoms with Crippen molar-refractivity contribution in [2.75, 3.05) is 6.61 Å². The van der Waals surface area contributed by atoms with Gasteiger partial charge in [-0.05, 0) is 47.2 Å². The molecule has 194 valence electrons. The smallest absolute Gasteiger partial charge is 0.434 e. The van der Waals surface area contributed by atoms with Gasteiger partial charge >= 0.3 is 6.09 Å². The van der Waals surface area contributed by atoms with E-state index in [-0.39, 0.29) is 11.4 Å². The van der Waals surface area contributed by atoms with E-state index >= 15 is 0 Å². The number of aromatic nitrogens is 3. The molecule has 2 atom stereocenters. The van der Waals surface area contributed by atoms with Crippen molar-refractivity contribution < 1.29 is 19.8 Å². The zero-order valence-corrected chi connectivity index (χ0v) is 22.7. The summed E-state index contributed by atoms with van der Waals surface area (Å²) in [5.74, 6) is -0.595. The van der Waals surface area contributed by atoms with Crippen LogP contribution in [0.1, 0.15) is 44.4 Å². The molecular weight excluding hydrogens is 564 g/mol. The maximum atomic E-state index is 14.3. The Morgan fingerprint density at radius 2 is 1.95 bits per heavy atom. The van der Waals surface area contributed by atoms with Gasteiger partial charge in [0.1, 0.15) is 18.2 Å². The SMILES string of the molecule is CC(C)(C)C[C@]1(c2ccc(Br)cc2)NC(=NC(=O)O)N(C(CO)c2ccc(Cl)c(-n3cncn3)c2)C1=O. The number of aliphatic hydroxyl groups is 1. The van der Waals surface area contributed by atoms with Crippen LogP contribution in [0.5, 0.6) is 0 Å². The minimum atomic E-state index is -1.47. The molecule has 1 aliphatic rings. The molecule has 12 heteroatoms. The van der Waals surface area contributed by atoms with Gasteiger partial charge in [-0.25, -0.2) is 14.5 Å². The molecule has 3 aromatic rings. The monoisotopic (exact) mass is 588 g/mol. The Bertz CT molecular complexity index is 1340. The molecule has 4 rings (SSSR count). The van der Waals surface area contributed by atoms with Gasteiger partial charge in [0.05, 0.1) is 23.4 Å². The number of guanidine groups is 1. The third-order valence-electron chi connectivity index (χ3n) is 5.98. The summed E-state index contributed by atoms with van der Waals surface area (Å²) < 4.78 is 2.29. The molecule has 0 bridgehead atoms. The molecule has 0 aliphatic carbocycles. The summed E-state index contributed by atoms with van der Waals surface area (Å²) in [6, 6.07) is 11.2. The molecule has 0 saturated carbocycles.